The molecule has 3 aromatic rings. The lowest BCUT2D eigenvalue weighted by Crippen LogP contribution is -2.65. The summed E-state index contributed by atoms with van der Waals surface area (Å²) in [5.41, 5.74) is 0.823. The number of ether oxygens (including phenoxy) is 1. The molecule has 1 aliphatic heterocycles. The number of carbonyl (C=O) groups is 2. The zero-order valence-corrected chi connectivity index (χ0v) is 20.2. The molecule has 2 heterocycles. The highest BCUT2D eigenvalue weighted by molar-refractivity contribution is 7.92. The molecular weight excluding hydrogens is 508 g/mol. The molecular formula is C23H25N4O9S+. The van der Waals surface area contributed by atoms with Crippen molar-refractivity contribution >= 4 is 33.4 Å². The Morgan fingerprint density at radius 3 is 2.19 bits per heavy atom. The van der Waals surface area contributed by atoms with Crippen LogP contribution in [0.25, 0.3) is 5.69 Å². The molecule has 196 valence electrons. The number of anilines is 2. The molecule has 1 amide bonds. The van der Waals surface area contributed by atoms with Crippen molar-refractivity contribution in [3.63, 3.8) is 0 Å². The molecule has 1 aromatic heterocycles. The minimum Gasteiger partial charge on any atom is -0.479 e. The molecule has 0 spiro atoms. The van der Waals surface area contributed by atoms with Crippen LogP contribution in [0, 0.1) is 0 Å². The number of aliphatic carboxylic acids is 1. The summed E-state index contributed by atoms with van der Waals surface area (Å²) in [6, 6.07) is 15.2. The highest BCUT2D eigenvalue weighted by Crippen LogP contribution is 2.27. The van der Waals surface area contributed by atoms with E-state index < -0.39 is 46.6 Å². The standard InChI is InChI=1S/C23H24N4O9S/c1-13(28)24-14-7-9-16(10-8-14)37(34,35)25-17-11-12-26(27(17)15-5-3-2-4-6-15)22-20(31)18(29)19(30)21(36-22)23(32)33/h2-12,18-22,29-31H,1H3,(H2,24,28,32,33)/p+1/t18-,19-,20+,21-,22?/m0/s1. The van der Waals surface area contributed by atoms with Crippen LogP contribution < -0.4 is 14.7 Å². The molecule has 1 fully saturated rings. The van der Waals surface area contributed by atoms with Crippen molar-refractivity contribution in [1.29, 1.82) is 0 Å². The average Bonchev–Trinajstić information content (AvgIpc) is 3.25. The van der Waals surface area contributed by atoms with Crippen LogP contribution in [0.15, 0.2) is 71.8 Å². The predicted molar refractivity (Wildman–Crippen MR) is 127 cm³/mol. The summed E-state index contributed by atoms with van der Waals surface area (Å²) in [4.78, 5) is 22.7. The van der Waals surface area contributed by atoms with Crippen LogP contribution in [0.4, 0.5) is 11.5 Å². The fraction of sp³-hybridized carbons (Fsp3) is 0.261. The van der Waals surface area contributed by atoms with Crippen LogP contribution in [0.1, 0.15) is 13.2 Å². The Morgan fingerprint density at radius 2 is 1.59 bits per heavy atom. The maximum atomic E-state index is 13.2. The summed E-state index contributed by atoms with van der Waals surface area (Å²) in [5.74, 6) is -1.86. The fourth-order valence-corrected chi connectivity index (χ4v) is 4.97. The van der Waals surface area contributed by atoms with E-state index in [1.165, 1.54) is 52.8 Å². The Labute approximate surface area is 211 Å². The van der Waals surface area contributed by atoms with Gasteiger partial charge in [0, 0.05) is 12.6 Å². The van der Waals surface area contributed by atoms with Crippen molar-refractivity contribution < 1.29 is 47.9 Å². The quantitative estimate of drug-likeness (QED) is 0.219. The zero-order chi connectivity index (χ0) is 26.9. The second-order valence-corrected chi connectivity index (χ2v) is 9.98. The summed E-state index contributed by atoms with van der Waals surface area (Å²) in [6.07, 6.45) is -7.51. The SMILES string of the molecule is CC(=O)Nc1ccc(S(=O)(=O)Nc2cc[n+](C3O[C@H](C(=O)O)[C@@H](O)[C@H](O)[C@H]3O)n2-c2ccccc2)cc1. The van der Waals surface area contributed by atoms with Gasteiger partial charge in [-0.05, 0) is 36.4 Å². The molecule has 4 rings (SSSR count). The van der Waals surface area contributed by atoms with Gasteiger partial charge in [0.1, 0.15) is 17.9 Å². The van der Waals surface area contributed by atoms with Gasteiger partial charge in [-0.15, -0.1) is 4.68 Å². The monoisotopic (exact) mass is 533 g/mol. The number of rotatable bonds is 7. The normalized spacial score (nSPS) is 23.8. The second-order valence-electron chi connectivity index (χ2n) is 8.30. The Morgan fingerprint density at radius 1 is 0.946 bits per heavy atom. The molecule has 0 saturated carbocycles. The van der Waals surface area contributed by atoms with Gasteiger partial charge in [0.25, 0.3) is 10.0 Å². The van der Waals surface area contributed by atoms with Crippen molar-refractivity contribution in [2.75, 3.05) is 10.0 Å². The molecule has 1 saturated heterocycles. The van der Waals surface area contributed by atoms with Gasteiger partial charge in [-0.2, -0.15) is 0 Å². The molecule has 13 nitrogen and oxygen atoms in total. The number of nitrogens with one attached hydrogen (secondary N) is 2. The lowest BCUT2D eigenvalue weighted by Gasteiger charge is -2.35. The predicted octanol–water partition coefficient (Wildman–Crippen LogP) is -0.411. The lowest BCUT2D eigenvalue weighted by atomic mass is 9.98. The van der Waals surface area contributed by atoms with Crippen molar-refractivity contribution in [3.05, 3.63) is 66.9 Å². The maximum absolute atomic E-state index is 13.2. The number of para-hydroxylation sites is 1. The summed E-state index contributed by atoms with van der Waals surface area (Å²) in [6.45, 7) is 1.32. The minimum absolute atomic E-state index is 0.000393. The van der Waals surface area contributed by atoms with E-state index in [1.807, 2.05) is 0 Å². The summed E-state index contributed by atoms with van der Waals surface area (Å²) in [5, 5.41) is 42.9. The van der Waals surface area contributed by atoms with Crippen molar-refractivity contribution in [3.8, 4) is 5.69 Å². The number of hydrogen-bond donors (Lipinski definition) is 6. The molecule has 1 aliphatic rings. The molecule has 14 heteroatoms. The van der Waals surface area contributed by atoms with Gasteiger partial charge in [0.15, 0.2) is 18.0 Å². The highest BCUT2D eigenvalue weighted by Gasteiger charge is 2.52. The van der Waals surface area contributed by atoms with Crippen LogP contribution in [-0.4, -0.2) is 69.8 Å². The van der Waals surface area contributed by atoms with E-state index in [-0.39, 0.29) is 16.6 Å². The second kappa shape index (κ2) is 10.3. The smallest absolute Gasteiger partial charge is 0.335 e. The maximum Gasteiger partial charge on any atom is 0.335 e. The highest BCUT2D eigenvalue weighted by atomic mass is 32.2. The largest absolute Gasteiger partial charge is 0.479 e. The van der Waals surface area contributed by atoms with Crippen molar-refractivity contribution in [2.45, 2.75) is 42.5 Å². The number of aliphatic hydroxyl groups excluding tert-OH is 3. The number of carboxylic acid groups (broad SMARTS) is 1. The van der Waals surface area contributed by atoms with Gasteiger partial charge in [0.05, 0.1) is 11.0 Å². The molecule has 37 heavy (non-hydrogen) atoms. The third kappa shape index (κ3) is 5.33. The van der Waals surface area contributed by atoms with Gasteiger partial charge >= 0.3 is 12.2 Å². The van der Waals surface area contributed by atoms with E-state index in [0.29, 0.717) is 11.4 Å². The molecule has 5 atom stereocenters. The summed E-state index contributed by atoms with van der Waals surface area (Å²) >= 11 is 0. The Balaban J connectivity index is 1.74. The molecule has 0 aliphatic carbocycles. The average molecular weight is 534 g/mol. The van der Waals surface area contributed by atoms with Gasteiger partial charge in [-0.3, -0.25) is 14.3 Å². The first-order chi connectivity index (χ1) is 17.5. The topological polar surface area (TPSA) is 191 Å². The van der Waals surface area contributed by atoms with E-state index in [4.69, 9.17) is 4.74 Å². The number of nitrogens with zero attached hydrogens (tertiary/aromatic N) is 2. The first kappa shape index (κ1) is 26.2. The number of sulfonamides is 1. The number of aromatic nitrogens is 2. The lowest BCUT2D eigenvalue weighted by molar-refractivity contribution is -0.833. The number of amides is 1. The van der Waals surface area contributed by atoms with Crippen LogP contribution >= 0.6 is 0 Å². The molecule has 0 radical (unpaired) electrons. The summed E-state index contributed by atoms with van der Waals surface area (Å²) in [7, 11) is -4.15. The number of benzene rings is 2. The molecule has 6 N–H and O–H groups in total. The number of carboxylic acids is 1. The molecule has 1 unspecified atom stereocenters. The van der Waals surface area contributed by atoms with Gasteiger partial charge in [-0.25, -0.2) is 13.2 Å². The first-order valence-electron chi connectivity index (χ1n) is 11.0. The van der Waals surface area contributed by atoms with Crippen molar-refractivity contribution in [2.24, 2.45) is 0 Å². The van der Waals surface area contributed by atoms with Gasteiger partial charge in [0.2, 0.25) is 12.1 Å². The van der Waals surface area contributed by atoms with E-state index in [2.05, 4.69) is 10.0 Å². The number of carbonyl (C=O) groups excluding carboxylic acids is 1. The zero-order valence-electron chi connectivity index (χ0n) is 19.4. The van der Waals surface area contributed by atoms with Gasteiger partial charge in [-0.1, -0.05) is 22.9 Å². The number of hydrogen-bond acceptors (Lipinski definition) is 8. The first-order valence-corrected chi connectivity index (χ1v) is 12.5. The Bertz CT molecular complexity index is 1390. The van der Waals surface area contributed by atoms with E-state index in [1.54, 1.807) is 30.3 Å². The van der Waals surface area contributed by atoms with Crippen LogP contribution in [-0.2, 0) is 24.3 Å². The van der Waals surface area contributed by atoms with Crippen LogP contribution in [0.2, 0.25) is 0 Å². The molecule has 2 aromatic carbocycles. The third-order valence-corrected chi connectivity index (χ3v) is 7.03. The van der Waals surface area contributed by atoms with E-state index in [0.717, 1.165) is 0 Å². The summed E-state index contributed by atoms with van der Waals surface area (Å²) < 4.78 is 36.7. The minimum atomic E-state index is -4.15. The van der Waals surface area contributed by atoms with Crippen LogP contribution in [0.3, 0.4) is 0 Å². The van der Waals surface area contributed by atoms with E-state index >= 15 is 0 Å². The van der Waals surface area contributed by atoms with Crippen LogP contribution in [0.5, 0.6) is 0 Å². The Hall–Kier alpha value is -3.82. The third-order valence-electron chi connectivity index (χ3n) is 5.66. The van der Waals surface area contributed by atoms with E-state index in [9.17, 15) is 38.4 Å². The number of aliphatic hydroxyl groups is 3. The molecule has 0 bridgehead atoms. The van der Waals surface area contributed by atoms with Crippen molar-refractivity contribution in [1.82, 2.24) is 4.68 Å². The fourth-order valence-electron chi connectivity index (χ4n) is 3.93. The Kier molecular flexibility index (Phi) is 7.29. The van der Waals surface area contributed by atoms with Gasteiger partial charge < -0.3 is 25.7 Å².